The number of nitrogens with zero attached hydrogens (tertiary/aromatic N) is 1. The van der Waals surface area contributed by atoms with Crippen molar-refractivity contribution in [2.75, 3.05) is 0 Å². The Hall–Kier alpha value is -2.70. The number of aromatic carboxylic acids is 1. The molecule has 0 radical (unpaired) electrons. The van der Waals surface area contributed by atoms with Crippen LogP contribution in [0.15, 0.2) is 18.2 Å². The Bertz CT molecular complexity index is 783. The number of benzene rings is 1. The Morgan fingerprint density at radius 1 is 1.27 bits per heavy atom. The zero-order valence-electron chi connectivity index (χ0n) is 12.5. The van der Waals surface area contributed by atoms with Crippen LogP contribution in [0, 0.1) is 15.5 Å². The molecule has 7 heteroatoms. The van der Waals surface area contributed by atoms with E-state index in [4.69, 9.17) is 0 Å². The summed E-state index contributed by atoms with van der Waals surface area (Å²) in [6, 6.07) is 3.70. The second kappa shape index (κ2) is 5.25. The summed E-state index contributed by atoms with van der Waals surface area (Å²) in [7, 11) is 0. The molecule has 7 nitrogen and oxygen atoms in total. The Kier molecular flexibility index (Phi) is 3.74. The Labute approximate surface area is 126 Å². The van der Waals surface area contributed by atoms with Crippen LogP contribution >= 0.6 is 0 Å². The molecule has 0 atom stereocenters. The molecule has 0 amide bonds. The SMILES string of the molecule is CC(C)(C)CC(=O)c1cc2cc([N+](=O)[O-])cc(C(=O)O)c2[nH]1. The predicted octanol–water partition coefficient (Wildman–Crippen LogP) is 3.39. The number of aromatic amines is 1. The molecule has 0 bridgehead atoms. The van der Waals surface area contributed by atoms with E-state index in [-0.39, 0.29) is 40.1 Å². The zero-order valence-corrected chi connectivity index (χ0v) is 12.5. The first-order valence-electron chi connectivity index (χ1n) is 6.66. The van der Waals surface area contributed by atoms with Crippen molar-refractivity contribution in [1.82, 2.24) is 4.98 Å². The summed E-state index contributed by atoms with van der Waals surface area (Å²) < 4.78 is 0. The summed E-state index contributed by atoms with van der Waals surface area (Å²) in [5, 5.41) is 20.4. The highest BCUT2D eigenvalue weighted by Gasteiger charge is 2.22. The fraction of sp³-hybridized carbons (Fsp3) is 0.333. The van der Waals surface area contributed by atoms with Crippen LogP contribution in [0.3, 0.4) is 0 Å². The van der Waals surface area contributed by atoms with Crippen molar-refractivity contribution in [2.24, 2.45) is 5.41 Å². The molecule has 116 valence electrons. The second-order valence-electron chi connectivity index (χ2n) is 6.36. The average Bonchev–Trinajstić information content (AvgIpc) is 2.78. The number of ketones is 1. The number of Topliss-reactive ketones (excluding diaryl/α,β-unsaturated/α-hetero) is 1. The van der Waals surface area contributed by atoms with Gasteiger partial charge in [0.2, 0.25) is 0 Å². The summed E-state index contributed by atoms with van der Waals surface area (Å²) >= 11 is 0. The molecule has 1 aromatic heterocycles. The van der Waals surface area contributed by atoms with Crippen molar-refractivity contribution in [3.63, 3.8) is 0 Å². The van der Waals surface area contributed by atoms with Crippen molar-refractivity contribution in [3.8, 4) is 0 Å². The van der Waals surface area contributed by atoms with E-state index in [0.717, 1.165) is 6.07 Å². The number of nitro benzene ring substituents is 1. The van der Waals surface area contributed by atoms with Crippen molar-refractivity contribution in [3.05, 3.63) is 39.6 Å². The second-order valence-corrected chi connectivity index (χ2v) is 6.36. The molecule has 22 heavy (non-hydrogen) atoms. The van der Waals surface area contributed by atoms with Gasteiger partial charge in [-0.25, -0.2) is 4.79 Å². The van der Waals surface area contributed by atoms with Gasteiger partial charge in [-0.05, 0) is 11.5 Å². The minimum Gasteiger partial charge on any atom is -0.478 e. The number of rotatable bonds is 4. The summed E-state index contributed by atoms with van der Waals surface area (Å²) in [5.41, 5.74) is -0.281. The number of fused-ring (bicyclic) bond motifs is 1. The fourth-order valence-corrected chi connectivity index (χ4v) is 2.23. The van der Waals surface area contributed by atoms with Gasteiger partial charge in [0.25, 0.3) is 5.69 Å². The molecule has 2 aromatic rings. The number of hydrogen-bond acceptors (Lipinski definition) is 4. The Morgan fingerprint density at radius 2 is 1.91 bits per heavy atom. The molecule has 1 heterocycles. The van der Waals surface area contributed by atoms with Crippen LogP contribution in [0.25, 0.3) is 10.9 Å². The largest absolute Gasteiger partial charge is 0.478 e. The lowest BCUT2D eigenvalue weighted by Crippen LogP contribution is -2.13. The molecule has 0 fully saturated rings. The maximum absolute atomic E-state index is 12.2. The van der Waals surface area contributed by atoms with Crippen LogP contribution in [-0.4, -0.2) is 26.8 Å². The lowest BCUT2D eigenvalue weighted by molar-refractivity contribution is -0.384. The summed E-state index contributed by atoms with van der Waals surface area (Å²) in [6.45, 7) is 5.75. The number of nitrogens with one attached hydrogen (secondary N) is 1. The maximum Gasteiger partial charge on any atom is 0.338 e. The first kappa shape index (κ1) is 15.7. The molecule has 0 aliphatic heterocycles. The van der Waals surface area contributed by atoms with E-state index in [1.807, 2.05) is 20.8 Å². The molecular weight excluding hydrogens is 288 g/mol. The smallest absolute Gasteiger partial charge is 0.338 e. The third-order valence-electron chi connectivity index (χ3n) is 3.15. The summed E-state index contributed by atoms with van der Waals surface area (Å²) in [5.74, 6) is -1.45. The van der Waals surface area contributed by atoms with Gasteiger partial charge in [-0.15, -0.1) is 0 Å². The van der Waals surface area contributed by atoms with E-state index in [1.165, 1.54) is 12.1 Å². The number of hydrogen-bond donors (Lipinski definition) is 2. The first-order valence-corrected chi connectivity index (χ1v) is 6.66. The van der Waals surface area contributed by atoms with Crippen LogP contribution in [0.5, 0.6) is 0 Å². The maximum atomic E-state index is 12.2. The molecule has 0 unspecified atom stereocenters. The van der Waals surface area contributed by atoms with E-state index in [0.29, 0.717) is 5.39 Å². The van der Waals surface area contributed by atoms with Gasteiger partial charge in [0, 0.05) is 23.9 Å². The number of aromatic nitrogens is 1. The predicted molar refractivity (Wildman–Crippen MR) is 80.3 cm³/mol. The average molecular weight is 304 g/mol. The fourth-order valence-electron chi connectivity index (χ4n) is 2.23. The van der Waals surface area contributed by atoms with E-state index < -0.39 is 10.9 Å². The normalized spacial score (nSPS) is 11.6. The lowest BCUT2D eigenvalue weighted by atomic mass is 9.89. The monoisotopic (exact) mass is 304 g/mol. The van der Waals surface area contributed by atoms with Gasteiger partial charge in [0.05, 0.1) is 21.7 Å². The molecule has 1 aromatic carbocycles. The first-order chi connectivity index (χ1) is 10.1. The highest BCUT2D eigenvalue weighted by molar-refractivity contribution is 6.07. The van der Waals surface area contributed by atoms with Crippen LogP contribution < -0.4 is 0 Å². The quantitative estimate of drug-likeness (QED) is 0.510. The number of carbonyl (C=O) groups excluding carboxylic acids is 1. The van der Waals surface area contributed by atoms with E-state index >= 15 is 0 Å². The van der Waals surface area contributed by atoms with Gasteiger partial charge in [-0.1, -0.05) is 20.8 Å². The summed E-state index contributed by atoms with van der Waals surface area (Å²) in [6.07, 6.45) is 0.282. The number of carbonyl (C=O) groups is 2. The Balaban J connectivity index is 2.58. The molecule has 0 aliphatic rings. The van der Waals surface area contributed by atoms with Crippen LogP contribution in [0.1, 0.15) is 48.0 Å². The number of non-ortho nitro benzene ring substituents is 1. The van der Waals surface area contributed by atoms with E-state index in [2.05, 4.69) is 4.98 Å². The van der Waals surface area contributed by atoms with Crippen LogP contribution in [-0.2, 0) is 0 Å². The zero-order chi connectivity index (χ0) is 16.7. The number of carboxylic acids is 1. The third kappa shape index (κ3) is 3.13. The highest BCUT2D eigenvalue weighted by atomic mass is 16.6. The lowest BCUT2D eigenvalue weighted by Gasteiger charge is -2.15. The van der Waals surface area contributed by atoms with Gasteiger partial charge in [-0.2, -0.15) is 0 Å². The van der Waals surface area contributed by atoms with Gasteiger partial charge in [0.15, 0.2) is 5.78 Å². The third-order valence-corrected chi connectivity index (χ3v) is 3.15. The van der Waals surface area contributed by atoms with Crippen molar-refractivity contribution >= 4 is 28.3 Å². The molecule has 0 saturated carbocycles. The molecule has 0 spiro atoms. The molecule has 0 saturated heterocycles. The molecule has 0 aliphatic carbocycles. The summed E-state index contributed by atoms with van der Waals surface area (Å²) in [4.78, 5) is 36.5. The molecule has 2 rings (SSSR count). The number of carboxylic acid groups (broad SMARTS) is 1. The van der Waals surface area contributed by atoms with Crippen molar-refractivity contribution in [1.29, 1.82) is 0 Å². The van der Waals surface area contributed by atoms with Gasteiger partial charge in [0.1, 0.15) is 0 Å². The minimum atomic E-state index is -1.29. The van der Waals surface area contributed by atoms with Gasteiger partial charge >= 0.3 is 5.97 Å². The van der Waals surface area contributed by atoms with Gasteiger partial charge < -0.3 is 10.1 Å². The van der Waals surface area contributed by atoms with Gasteiger partial charge in [-0.3, -0.25) is 14.9 Å². The number of nitro groups is 1. The highest BCUT2D eigenvalue weighted by Crippen LogP contribution is 2.28. The topological polar surface area (TPSA) is 113 Å². The minimum absolute atomic E-state index is 0.164. The van der Waals surface area contributed by atoms with Crippen molar-refractivity contribution < 1.29 is 19.6 Å². The van der Waals surface area contributed by atoms with E-state index in [1.54, 1.807) is 0 Å². The standard InChI is InChI=1S/C15H16N2O5/c1-15(2,3)7-12(18)11-5-8-4-9(17(21)22)6-10(14(19)20)13(8)16-11/h4-6,16H,7H2,1-3H3,(H,19,20). The van der Waals surface area contributed by atoms with Crippen LogP contribution in [0.2, 0.25) is 0 Å². The van der Waals surface area contributed by atoms with E-state index in [9.17, 15) is 24.8 Å². The molecular formula is C15H16N2O5. The molecule has 2 N–H and O–H groups in total. The number of H-pyrrole nitrogens is 1. The Morgan fingerprint density at radius 3 is 2.41 bits per heavy atom. The van der Waals surface area contributed by atoms with Crippen LogP contribution in [0.4, 0.5) is 5.69 Å². The van der Waals surface area contributed by atoms with Crippen molar-refractivity contribution in [2.45, 2.75) is 27.2 Å².